The number of rotatable bonds is 3. The van der Waals surface area contributed by atoms with Gasteiger partial charge in [-0.3, -0.25) is 0 Å². The Kier molecular flexibility index (Phi) is 3.37. The van der Waals surface area contributed by atoms with E-state index in [9.17, 15) is 4.39 Å². The highest BCUT2D eigenvalue weighted by Gasteiger charge is 2.17. The minimum atomic E-state index is -0.747. The van der Waals surface area contributed by atoms with Crippen LogP contribution in [0, 0.1) is 5.82 Å². The molecule has 0 aliphatic carbocycles. The van der Waals surface area contributed by atoms with Crippen molar-refractivity contribution in [1.29, 1.82) is 0 Å². The fourth-order valence-electron chi connectivity index (χ4n) is 1.24. The van der Waals surface area contributed by atoms with Gasteiger partial charge in [0.25, 0.3) is 5.89 Å². The van der Waals surface area contributed by atoms with E-state index in [0.717, 1.165) is 6.07 Å². The van der Waals surface area contributed by atoms with Gasteiger partial charge in [-0.1, -0.05) is 16.8 Å². The highest BCUT2D eigenvalue weighted by molar-refractivity contribution is 6.30. The summed E-state index contributed by atoms with van der Waals surface area (Å²) in [5.41, 5.74) is 5.64. The van der Waals surface area contributed by atoms with Gasteiger partial charge in [-0.15, -0.1) is 0 Å². The fraction of sp³-hybridized carbons (Fsp3) is 0.200. The van der Waals surface area contributed by atoms with Crippen molar-refractivity contribution in [3.63, 3.8) is 0 Å². The summed E-state index contributed by atoms with van der Waals surface area (Å²) in [6.45, 7) is -0.317. The minimum absolute atomic E-state index is 0.00179. The van der Waals surface area contributed by atoms with E-state index in [-0.39, 0.29) is 28.9 Å². The molecule has 0 aliphatic rings. The Morgan fingerprint density at radius 2 is 2.29 bits per heavy atom. The Morgan fingerprint density at radius 1 is 1.53 bits per heavy atom. The molecule has 1 atom stereocenters. The van der Waals surface area contributed by atoms with Crippen molar-refractivity contribution in [3.05, 3.63) is 34.9 Å². The van der Waals surface area contributed by atoms with Gasteiger partial charge >= 0.3 is 0 Å². The quantitative estimate of drug-likeness (QED) is 0.871. The second-order valence-corrected chi connectivity index (χ2v) is 3.81. The predicted octanol–water partition coefficient (Wildman–Crippen LogP) is 1.52. The molecule has 1 heterocycles. The molecule has 1 aromatic carbocycles. The van der Waals surface area contributed by atoms with Gasteiger partial charge in [-0.2, -0.15) is 4.98 Å². The Hall–Kier alpha value is -1.50. The average Bonchev–Trinajstić information content (AvgIpc) is 2.77. The van der Waals surface area contributed by atoms with Crippen LogP contribution in [0.3, 0.4) is 0 Å². The number of halogens is 2. The summed E-state index contributed by atoms with van der Waals surface area (Å²) >= 11 is 5.62. The van der Waals surface area contributed by atoms with Crippen LogP contribution in [0.2, 0.25) is 5.02 Å². The van der Waals surface area contributed by atoms with E-state index in [2.05, 4.69) is 10.1 Å². The lowest BCUT2D eigenvalue weighted by Gasteiger charge is -1.99. The van der Waals surface area contributed by atoms with Crippen LogP contribution < -0.4 is 5.73 Å². The smallest absolute Gasteiger partial charge is 0.260 e. The van der Waals surface area contributed by atoms with Crippen molar-refractivity contribution in [2.75, 3.05) is 6.61 Å². The molecule has 0 saturated carbocycles. The van der Waals surface area contributed by atoms with Gasteiger partial charge in [-0.25, -0.2) is 4.39 Å². The predicted molar refractivity (Wildman–Crippen MR) is 58.7 cm³/mol. The van der Waals surface area contributed by atoms with Gasteiger partial charge in [-0.05, 0) is 18.2 Å². The first-order valence-electron chi connectivity index (χ1n) is 4.77. The summed E-state index contributed by atoms with van der Waals surface area (Å²) in [7, 11) is 0. The number of nitrogens with zero attached hydrogens (tertiary/aromatic N) is 2. The van der Waals surface area contributed by atoms with Gasteiger partial charge in [0.05, 0.1) is 18.2 Å². The molecular weight excluding hydrogens is 249 g/mol. The summed E-state index contributed by atoms with van der Waals surface area (Å²) in [5, 5.41) is 12.7. The maximum absolute atomic E-state index is 13.5. The number of aliphatic hydroxyl groups is 1. The number of aliphatic hydroxyl groups excluding tert-OH is 1. The van der Waals surface area contributed by atoms with E-state index in [1.165, 1.54) is 12.1 Å². The first-order valence-corrected chi connectivity index (χ1v) is 5.15. The first kappa shape index (κ1) is 12.0. The molecule has 2 rings (SSSR count). The molecule has 90 valence electrons. The fourth-order valence-corrected chi connectivity index (χ4v) is 1.40. The van der Waals surface area contributed by atoms with E-state index in [1.807, 2.05) is 0 Å². The van der Waals surface area contributed by atoms with E-state index in [1.54, 1.807) is 0 Å². The Labute approximate surface area is 101 Å². The summed E-state index contributed by atoms with van der Waals surface area (Å²) in [6, 6.07) is 3.34. The van der Waals surface area contributed by atoms with Crippen LogP contribution in [0.1, 0.15) is 11.9 Å². The summed E-state index contributed by atoms with van der Waals surface area (Å²) in [4.78, 5) is 3.90. The number of aromatic nitrogens is 2. The normalized spacial score (nSPS) is 12.7. The van der Waals surface area contributed by atoms with Crippen molar-refractivity contribution in [2.45, 2.75) is 6.04 Å². The number of benzene rings is 1. The minimum Gasteiger partial charge on any atom is -0.394 e. The molecule has 5 nitrogen and oxygen atoms in total. The van der Waals surface area contributed by atoms with Gasteiger partial charge in [0.1, 0.15) is 5.82 Å². The Balaban J connectivity index is 2.37. The van der Waals surface area contributed by atoms with Crippen molar-refractivity contribution in [3.8, 4) is 11.5 Å². The molecular formula is C10H9ClFN3O2. The molecule has 17 heavy (non-hydrogen) atoms. The van der Waals surface area contributed by atoms with Crippen LogP contribution >= 0.6 is 11.6 Å². The maximum Gasteiger partial charge on any atom is 0.260 e. The topological polar surface area (TPSA) is 85.2 Å². The van der Waals surface area contributed by atoms with E-state index in [0.29, 0.717) is 0 Å². The third-order valence-corrected chi connectivity index (χ3v) is 2.37. The SMILES string of the molecule is NC(CO)c1noc(-c2ccc(Cl)cc2F)n1. The molecule has 2 aromatic rings. The zero-order chi connectivity index (χ0) is 12.4. The standard InChI is InChI=1S/C10H9ClFN3O2/c11-5-1-2-6(7(12)3-5)10-14-9(15-17-10)8(13)4-16/h1-3,8,16H,4,13H2. The van der Waals surface area contributed by atoms with Crippen LogP contribution in [-0.4, -0.2) is 21.9 Å². The van der Waals surface area contributed by atoms with Crippen LogP contribution in [0.5, 0.6) is 0 Å². The molecule has 0 radical (unpaired) electrons. The zero-order valence-corrected chi connectivity index (χ0v) is 9.36. The van der Waals surface area contributed by atoms with Crippen LogP contribution in [0.15, 0.2) is 22.7 Å². The molecule has 0 amide bonds. The molecule has 0 fully saturated rings. The highest BCUT2D eigenvalue weighted by atomic mass is 35.5. The maximum atomic E-state index is 13.5. The van der Waals surface area contributed by atoms with E-state index < -0.39 is 11.9 Å². The monoisotopic (exact) mass is 257 g/mol. The molecule has 0 spiro atoms. The molecule has 1 aromatic heterocycles. The highest BCUT2D eigenvalue weighted by Crippen LogP contribution is 2.24. The lowest BCUT2D eigenvalue weighted by Crippen LogP contribution is -2.15. The third kappa shape index (κ3) is 2.44. The Morgan fingerprint density at radius 3 is 2.94 bits per heavy atom. The van der Waals surface area contributed by atoms with Crippen molar-refractivity contribution in [2.24, 2.45) is 5.73 Å². The number of hydrogen-bond donors (Lipinski definition) is 2. The van der Waals surface area contributed by atoms with Crippen molar-refractivity contribution >= 4 is 11.6 Å². The molecule has 7 heteroatoms. The molecule has 0 bridgehead atoms. The second-order valence-electron chi connectivity index (χ2n) is 3.37. The number of hydrogen-bond acceptors (Lipinski definition) is 5. The van der Waals surface area contributed by atoms with E-state index >= 15 is 0 Å². The Bertz CT molecular complexity index is 532. The summed E-state index contributed by atoms with van der Waals surface area (Å²) < 4.78 is 18.4. The van der Waals surface area contributed by atoms with Gasteiger partial charge in [0.15, 0.2) is 5.82 Å². The lowest BCUT2D eigenvalue weighted by atomic mass is 10.2. The van der Waals surface area contributed by atoms with Crippen molar-refractivity contribution in [1.82, 2.24) is 10.1 Å². The van der Waals surface area contributed by atoms with Gasteiger partial charge in [0, 0.05) is 5.02 Å². The summed E-state index contributed by atoms with van der Waals surface area (Å²) in [6.07, 6.45) is 0. The lowest BCUT2D eigenvalue weighted by molar-refractivity contribution is 0.260. The third-order valence-electron chi connectivity index (χ3n) is 2.13. The molecule has 1 unspecified atom stereocenters. The first-order chi connectivity index (χ1) is 8.11. The molecule has 0 aliphatic heterocycles. The molecule has 3 N–H and O–H groups in total. The van der Waals surface area contributed by atoms with Crippen LogP contribution in [-0.2, 0) is 0 Å². The number of nitrogens with two attached hydrogens (primary N) is 1. The zero-order valence-electron chi connectivity index (χ0n) is 8.60. The second kappa shape index (κ2) is 4.79. The van der Waals surface area contributed by atoms with Crippen LogP contribution in [0.25, 0.3) is 11.5 Å². The van der Waals surface area contributed by atoms with Gasteiger partial charge < -0.3 is 15.4 Å². The van der Waals surface area contributed by atoms with Crippen molar-refractivity contribution < 1.29 is 14.0 Å². The van der Waals surface area contributed by atoms with Gasteiger partial charge in [0.2, 0.25) is 0 Å². The van der Waals surface area contributed by atoms with E-state index in [4.69, 9.17) is 27.0 Å². The summed E-state index contributed by atoms with van der Waals surface area (Å²) in [5.74, 6) is -0.444. The molecule has 0 saturated heterocycles. The largest absolute Gasteiger partial charge is 0.394 e. The average molecular weight is 258 g/mol. The van der Waals surface area contributed by atoms with Crippen LogP contribution in [0.4, 0.5) is 4.39 Å².